The van der Waals surface area contributed by atoms with Crippen molar-refractivity contribution in [1.82, 2.24) is 9.97 Å². The predicted octanol–water partition coefficient (Wildman–Crippen LogP) is 3.08. The van der Waals surface area contributed by atoms with Crippen LogP contribution in [0.5, 0.6) is 0 Å². The van der Waals surface area contributed by atoms with E-state index >= 15 is 0 Å². The molecule has 3 heterocycles. The zero-order valence-corrected chi connectivity index (χ0v) is 12.5. The summed E-state index contributed by atoms with van der Waals surface area (Å²) >= 11 is 0. The van der Waals surface area contributed by atoms with Gasteiger partial charge < -0.3 is 14.6 Å². The third-order valence-electron chi connectivity index (χ3n) is 4.02. The van der Waals surface area contributed by atoms with Gasteiger partial charge in [0.1, 0.15) is 12.1 Å². The molecule has 2 aromatic heterocycles. The van der Waals surface area contributed by atoms with Gasteiger partial charge in [-0.25, -0.2) is 9.97 Å². The number of anilines is 2. The van der Waals surface area contributed by atoms with E-state index in [1.807, 2.05) is 18.2 Å². The normalized spacial score (nSPS) is 14.3. The molecular weight excluding hydrogens is 292 g/mol. The lowest BCUT2D eigenvalue weighted by molar-refractivity contribution is 0.0996. The van der Waals surface area contributed by atoms with Crippen molar-refractivity contribution in [1.29, 1.82) is 0 Å². The molecule has 6 nitrogen and oxygen atoms in total. The average molecular weight is 308 g/mol. The number of carbonyl (C=O) groups is 1. The van der Waals surface area contributed by atoms with Gasteiger partial charge in [-0.05, 0) is 43.2 Å². The van der Waals surface area contributed by atoms with E-state index in [0.717, 1.165) is 29.8 Å². The van der Waals surface area contributed by atoms with E-state index in [1.165, 1.54) is 19.1 Å². The van der Waals surface area contributed by atoms with Crippen molar-refractivity contribution >= 4 is 28.3 Å². The van der Waals surface area contributed by atoms with E-state index in [2.05, 4.69) is 20.2 Å². The van der Waals surface area contributed by atoms with Crippen molar-refractivity contribution in [2.45, 2.75) is 12.8 Å². The summed E-state index contributed by atoms with van der Waals surface area (Å²) in [5.41, 5.74) is 1.50. The van der Waals surface area contributed by atoms with Crippen molar-refractivity contribution in [2.24, 2.45) is 0 Å². The first-order valence-corrected chi connectivity index (χ1v) is 7.66. The second-order valence-corrected chi connectivity index (χ2v) is 5.55. The third-order valence-corrected chi connectivity index (χ3v) is 4.02. The summed E-state index contributed by atoms with van der Waals surface area (Å²) in [5.74, 6) is 0.977. The fraction of sp³-hybridized carbons (Fsp3) is 0.235. The topological polar surface area (TPSA) is 71.3 Å². The first-order valence-electron chi connectivity index (χ1n) is 7.66. The molecule has 1 amide bonds. The Kier molecular flexibility index (Phi) is 3.42. The monoisotopic (exact) mass is 308 g/mol. The van der Waals surface area contributed by atoms with E-state index in [4.69, 9.17) is 4.42 Å². The highest BCUT2D eigenvalue weighted by molar-refractivity contribution is 6.03. The van der Waals surface area contributed by atoms with Crippen LogP contribution in [0.15, 0.2) is 47.3 Å². The van der Waals surface area contributed by atoms with Crippen LogP contribution in [0.2, 0.25) is 0 Å². The summed E-state index contributed by atoms with van der Waals surface area (Å²) in [4.78, 5) is 23.1. The highest BCUT2D eigenvalue weighted by atomic mass is 16.3. The highest BCUT2D eigenvalue weighted by Crippen LogP contribution is 2.27. The third kappa shape index (κ3) is 2.63. The van der Waals surface area contributed by atoms with Gasteiger partial charge in [0.25, 0.3) is 5.91 Å². The quantitative estimate of drug-likeness (QED) is 0.805. The lowest BCUT2D eigenvalue weighted by atomic mass is 10.2. The van der Waals surface area contributed by atoms with Crippen LogP contribution in [0.4, 0.5) is 11.5 Å². The summed E-state index contributed by atoms with van der Waals surface area (Å²) in [6.07, 6.45) is 5.45. The van der Waals surface area contributed by atoms with Crippen LogP contribution in [0.1, 0.15) is 23.4 Å². The Bertz CT molecular complexity index is 839. The molecule has 0 unspecified atom stereocenters. The number of nitrogens with zero attached hydrogens (tertiary/aromatic N) is 3. The number of hydrogen-bond donors (Lipinski definition) is 1. The standard InChI is InChI=1S/C17H16N4O2/c22-17(15-4-3-9-23-15)20-12-5-6-13-14(10-12)18-11-19-16(13)21-7-1-2-8-21/h3-6,9-11H,1-2,7-8H2,(H,20,22). The molecule has 0 bridgehead atoms. The first-order chi connectivity index (χ1) is 11.3. The molecule has 116 valence electrons. The molecule has 0 aliphatic carbocycles. The van der Waals surface area contributed by atoms with Gasteiger partial charge in [-0.1, -0.05) is 0 Å². The molecule has 3 aromatic rings. The average Bonchev–Trinajstić information content (AvgIpc) is 3.27. The van der Waals surface area contributed by atoms with Crippen LogP contribution >= 0.6 is 0 Å². The van der Waals surface area contributed by atoms with E-state index in [9.17, 15) is 4.79 Å². The molecule has 0 saturated carbocycles. The lowest BCUT2D eigenvalue weighted by Gasteiger charge is -2.18. The van der Waals surface area contributed by atoms with E-state index in [0.29, 0.717) is 5.69 Å². The summed E-state index contributed by atoms with van der Waals surface area (Å²) in [6.45, 7) is 2.06. The Morgan fingerprint density at radius 2 is 2.04 bits per heavy atom. The van der Waals surface area contributed by atoms with Crippen molar-refractivity contribution in [3.05, 3.63) is 48.7 Å². The minimum absolute atomic E-state index is 0.275. The minimum atomic E-state index is -0.275. The molecule has 0 radical (unpaired) electrons. The summed E-state index contributed by atoms with van der Waals surface area (Å²) < 4.78 is 5.10. The zero-order valence-electron chi connectivity index (χ0n) is 12.5. The van der Waals surface area contributed by atoms with Crippen molar-refractivity contribution in [3.8, 4) is 0 Å². The van der Waals surface area contributed by atoms with E-state index < -0.39 is 0 Å². The van der Waals surface area contributed by atoms with Crippen LogP contribution < -0.4 is 10.2 Å². The molecule has 1 N–H and O–H groups in total. The maximum absolute atomic E-state index is 12.0. The van der Waals surface area contributed by atoms with Gasteiger partial charge in [0.2, 0.25) is 0 Å². The van der Waals surface area contributed by atoms with Crippen molar-refractivity contribution in [2.75, 3.05) is 23.3 Å². The fourth-order valence-corrected chi connectivity index (χ4v) is 2.90. The Hall–Kier alpha value is -2.89. The SMILES string of the molecule is O=C(Nc1ccc2c(N3CCCC3)ncnc2c1)c1ccco1. The van der Waals surface area contributed by atoms with Gasteiger partial charge in [0.15, 0.2) is 5.76 Å². The zero-order chi connectivity index (χ0) is 15.6. The second kappa shape index (κ2) is 5.72. The number of furan rings is 1. The minimum Gasteiger partial charge on any atom is -0.459 e. The largest absolute Gasteiger partial charge is 0.459 e. The second-order valence-electron chi connectivity index (χ2n) is 5.55. The molecule has 23 heavy (non-hydrogen) atoms. The van der Waals surface area contributed by atoms with Crippen LogP contribution in [-0.4, -0.2) is 29.0 Å². The van der Waals surface area contributed by atoms with Gasteiger partial charge in [-0.15, -0.1) is 0 Å². The summed E-state index contributed by atoms with van der Waals surface area (Å²) in [5, 5.41) is 3.82. The van der Waals surface area contributed by atoms with Crippen molar-refractivity contribution < 1.29 is 9.21 Å². The van der Waals surface area contributed by atoms with Gasteiger partial charge in [0.05, 0.1) is 11.8 Å². The molecule has 6 heteroatoms. The van der Waals surface area contributed by atoms with Crippen LogP contribution in [0.25, 0.3) is 10.9 Å². The van der Waals surface area contributed by atoms with Crippen LogP contribution in [0, 0.1) is 0 Å². The van der Waals surface area contributed by atoms with Gasteiger partial charge in [-0.2, -0.15) is 0 Å². The fourth-order valence-electron chi connectivity index (χ4n) is 2.90. The van der Waals surface area contributed by atoms with Gasteiger partial charge >= 0.3 is 0 Å². The molecule has 1 aliphatic heterocycles. The van der Waals surface area contributed by atoms with Gasteiger partial charge in [-0.3, -0.25) is 4.79 Å². The number of fused-ring (bicyclic) bond motifs is 1. The molecule has 4 rings (SSSR count). The Balaban J connectivity index is 1.64. The number of carbonyl (C=O) groups excluding carboxylic acids is 1. The molecule has 0 spiro atoms. The number of amides is 1. The Morgan fingerprint density at radius 3 is 2.83 bits per heavy atom. The molecular formula is C17H16N4O2. The van der Waals surface area contributed by atoms with Gasteiger partial charge in [0, 0.05) is 24.2 Å². The Morgan fingerprint density at radius 1 is 1.17 bits per heavy atom. The summed E-state index contributed by atoms with van der Waals surface area (Å²) in [6, 6.07) is 9.00. The molecule has 1 aliphatic rings. The van der Waals surface area contributed by atoms with Crippen LogP contribution in [0.3, 0.4) is 0 Å². The molecule has 1 aromatic carbocycles. The predicted molar refractivity (Wildman–Crippen MR) is 87.6 cm³/mol. The number of rotatable bonds is 3. The van der Waals surface area contributed by atoms with Crippen molar-refractivity contribution in [3.63, 3.8) is 0 Å². The first kappa shape index (κ1) is 13.8. The Labute approximate surface area is 133 Å². The van der Waals surface area contributed by atoms with Crippen LogP contribution in [-0.2, 0) is 0 Å². The summed E-state index contributed by atoms with van der Waals surface area (Å²) in [7, 11) is 0. The maximum Gasteiger partial charge on any atom is 0.291 e. The maximum atomic E-state index is 12.0. The highest BCUT2D eigenvalue weighted by Gasteiger charge is 2.17. The number of benzene rings is 1. The molecule has 1 saturated heterocycles. The number of nitrogens with one attached hydrogen (secondary N) is 1. The molecule has 1 fully saturated rings. The smallest absolute Gasteiger partial charge is 0.291 e. The lowest BCUT2D eigenvalue weighted by Crippen LogP contribution is -2.19. The van der Waals surface area contributed by atoms with E-state index in [-0.39, 0.29) is 11.7 Å². The molecule has 0 atom stereocenters. The number of hydrogen-bond acceptors (Lipinski definition) is 5. The van der Waals surface area contributed by atoms with E-state index in [1.54, 1.807) is 18.5 Å². The number of aromatic nitrogens is 2.